The fourth-order valence-corrected chi connectivity index (χ4v) is 6.62. The highest BCUT2D eigenvalue weighted by Gasteiger charge is 2.69. The van der Waals surface area contributed by atoms with Crippen molar-refractivity contribution in [1.82, 2.24) is 0 Å². The predicted molar refractivity (Wildman–Crippen MR) is 125 cm³/mol. The Hall–Kier alpha value is -2.11. The molecule has 9 atom stereocenters. The van der Waals surface area contributed by atoms with Crippen LogP contribution < -0.4 is 0 Å². The van der Waals surface area contributed by atoms with E-state index in [0.29, 0.717) is 17.9 Å². The summed E-state index contributed by atoms with van der Waals surface area (Å²) in [5.41, 5.74) is -0.111. The number of non-ortho nitro benzene ring substituents is 1. The van der Waals surface area contributed by atoms with Gasteiger partial charge in [-0.2, -0.15) is 0 Å². The fourth-order valence-electron chi connectivity index (χ4n) is 6.62. The van der Waals surface area contributed by atoms with E-state index >= 15 is 0 Å². The van der Waals surface area contributed by atoms with Crippen LogP contribution in [0.2, 0.25) is 0 Å². The van der Waals surface area contributed by atoms with Crippen molar-refractivity contribution < 1.29 is 38.4 Å². The molecule has 1 spiro atoms. The van der Waals surface area contributed by atoms with E-state index in [1.807, 2.05) is 6.92 Å². The Morgan fingerprint density at radius 1 is 1.17 bits per heavy atom. The van der Waals surface area contributed by atoms with Crippen molar-refractivity contribution in [3.8, 4) is 0 Å². The van der Waals surface area contributed by atoms with Crippen LogP contribution in [0.15, 0.2) is 24.3 Å². The summed E-state index contributed by atoms with van der Waals surface area (Å²) in [5.74, 6) is -0.633. The third kappa shape index (κ3) is 4.32. The first kappa shape index (κ1) is 25.5. The van der Waals surface area contributed by atoms with E-state index in [9.17, 15) is 14.9 Å². The van der Waals surface area contributed by atoms with Gasteiger partial charge in [-0.1, -0.05) is 13.8 Å². The molecule has 10 nitrogen and oxygen atoms in total. The molecule has 4 heterocycles. The first-order valence-electron chi connectivity index (χ1n) is 12.9. The van der Waals surface area contributed by atoms with Gasteiger partial charge in [0.05, 0.1) is 24.1 Å². The quantitative estimate of drug-likeness (QED) is 0.223. The molecule has 1 saturated carbocycles. The van der Waals surface area contributed by atoms with Crippen LogP contribution in [-0.4, -0.2) is 41.5 Å². The van der Waals surface area contributed by atoms with Crippen LogP contribution in [0, 0.1) is 33.8 Å². The van der Waals surface area contributed by atoms with Crippen LogP contribution in [0.1, 0.15) is 71.5 Å². The number of carbonyl (C=O) groups is 1. The highest BCUT2D eigenvalue weighted by molar-refractivity contribution is 5.70. The standard InChI is InChI=1S/C26H35NO9/c1-5-31-22(28)14-21(17-7-9-18(10-8-17)27(29)30)32-23-16(3)20-11-6-15(2)19-12-13-25(4)34-24(33-23)26(19,20)36-35-25/h7-10,15-16,19-21,23-24H,5-6,11-14H2,1-4H3/t15-,16-,19+,20+,21+,23+,24-,25-,26-/m1/s1. The third-order valence-corrected chi connectivity index (χ3v) is 8.53. The fraction of sp³-hybridized carbons (Fsp3) is 0.731. The van der Waals surface area contributed by atoms with Crippen molar-refractivity contribution in [2.24, 2.45) is 23.7 Å². The van der Waals surface area contributed by atoms with Crippen LogP contribution in [-0.2, 0) is 33.5 Å². The number of fused-ring (bicyclic) bond motifs is 2. The summed E-state index contributed by atoms with van der Waals surface area (Å²) >= 11 is 0. The largest absolute Gasteiger partial charge is 0.466 e. The number of benzene rings is 1. The van der Waals surface area contributed by atoms with E-state index in [1.165, 1.54) is 12.1 Å². The van der Waals surface area contributed by atoms with Crippen molar-refractivity contribution >= 4 is 11.7 Å². The molecular weight excluding hydrogens is 470 g/mol. The molecule has 0 N–H and O–H groups in total. The Morgan fingerprint density at radius 2 is 1.92 bits per heavy atom. The van der Waals surface area contributed by atoms with Gasteiger partial charge >= 0.3 is 5.97 Å². The second-order valence-corrected chi connectivity index (χ2v) is 10.8. The lowest BCUT2D eigenvalue weighted by atomic mass is 9.58. The van der Waals surface area contributed by atoms with Crippen molar-refractivity contribution in [2.45, 2.75) is 89.9 Å². The number of nitro groups is 1. The number of hydrogen-bond donors (Lipinski definition) is 0. The summed E-state index contributed by atoms with van der Waals surface area (Å²) < 4.78 is 24.5. The summed E-state index contributed by atoms with van der Waals surface area (Å²) in [6.07, 6.45) is 1.53. The molecule has 1 aromatic carbocycles. The third-order valence-electron chi connectivity index (χ3n) is 8.53. The van der Waals surface area contributed by atoms with Crippen LogP contribution in [0.25, 0.3) is 0 Å². The van der Waals surface area contributed by atoms with Gasteiger partial charge in [0.25, 0.3) is 5.69 Å². The van der Waals surface area contributed by atoms with Gasteiger partial charge in [-0.25, -0.2) is 9.78 Å². The molecule has 6 rings (SSSR count). The molecule has 0 aromatic heterocycles. The van der Waals surface area contributed by atoms with Crippen molar-refractivity contribution in [3.63, 3.8) is 0 Å². The number of nitrogens with zero attached hydrogens (tertiary/aromatic N) is 1. The van der Waals surface area contributed by atoms with E-state index in [4.69, 9.17) is 28.7 Å². The molecule has 5 fully saturated rings. The maximum atomic E-state index is 12.4. The number of hydrogen-bond acceptors (Lipinski definition) is 9. The first-order chi connectivity index (χ1) is 17.2. The lowest BCUT2D eigenvalue weighted by molar-refractivity contribution is -0.578. The molecule has 0 unspecified atom stereocenters. The van der Waals surface area contributed by atoms with Crippen molar-refractivity contribution in [3.05, 3.63) is 39.9 Å². The topological polar surface area (TPSA) is 116 Å². The van der Waals surface area contributed by atoms with E-state index < -0.39 is 41.0 Å². The predicted octanol–water partition coefficient (Wildman–Crippen LogP) is 4.81. The number of carbonyl (C=O) groups excluding carboxylic acids is 1. The molecule has 0 radical (unpaired) electrons. The van der Waals surface area contributed by atoms with Crippen LogP contribution in [0.3, 0.4) is 0 Å². The zero-order valence-corrected chi connectivity index (χ0v) is 21.2. The number of nitro benzene ring substituents is 1. The van der Waals surface area contributed by atoms with E-state index in [1.54, 1.807) is 19.1 Å². The van der Waals surface area contributed by atoms with E-state index in [2.05, 4.69) is 13.8 Å². The Balaban J connectivity index is 1.43. The van der Waals surface area contributed by atoms with Gasteiger partial charge in [0.2, 0.25) is 5.79 Å². The molecule has 1 aliphatic carbocycles. The monoisotopic (exact) mass is 505 g/mol. The summed E-state index contributed by atoms with van der Waals surface area (Å²) in [4.78, 5) is 35.2. The molecule has 4 saturated heterocycles. The van der Waals surface area contributed by atoms with Crippen LogP contribution in [0.5, 0.6) is 0 Å². The van der Waals surface area contributed by atoms with Crippen LogP contribution >= 0.6 is 0 Å². The second kappa shape index (κ2) is 9.64. The Kier molecular flexibility index (Phi) is 6.84. The molecule has 1 aromatic rings. The van der Waals surface area contributed by atoms with Gasteiger partial charge < -0.3 is 18.9 Å². The molecule has 2 bridgehead atoms. The minimum Gasteiger partial charge on any atom is -0.466 e. The molecule has 4 aliphatic heterocycles. The summed E-state index contributed by atoms with van der Waals surface area (Å²) in [6, 6.07) is 6.03. The van der Waals surface area contributed by atoms with Gasteiger partial charge in [-0.3, -0.25) is 14.9 Å². The maximum Gasteiger partial charge on any atom is 0.308 e. The minimum absolute atomic E-state index is 0.0338. The second-order valence-electron chi connectivity index (χ2n) is 10.8. The lowest BCUT2D eigenvalue weighted by Gasteiger charge is -2.60. The normalized spacial score (nSPS) is 40.1. The molecule has 10 heteroatoms. The van der Waals surface area contributed by atoms with E-state index in [-0.39, 0.29) is 36.5 Å². The van der Waals surface area contributed by atoms with Crippen molar-refractivity contribution in [1.29, 1.82) is 0 Å². The summed E-state index contributed by atoms with van der Waals surface area (Å²) in [7, 11) is 0. The zero-order valence-electron chi connectivity index (χ0n) is 21.2. The summed E-state index contributed by atoms with van der Waals surface area (Å²) in [5, 5.41) is 11.1. The minimum atomic E-state index is -0.897. The first-order valence-corrected chi connectivity index (χ1v) is 12.9. The van der Waals surface area contributed by atoms with Crippen molar-refractivity contribution in [2.75, 3.05) is 6.61 Å². The van der Waals surface area contributed by atoms with Gasteiger partial charge in [0.15, 0.2) is 18.2 Å². The lowest BCUT2D eigenvalue weighted by Crippen LogP contribution is -2.70. The molecular formula is C26H35NO9. The summed E-state index contributed by atoms with van der Waals surface area (Å²) in [6.45, 7) is 8.20. The zero-order chi connectivity index (χ0) is 25.7. The molecule has 198 valence electrons. The number of ether oxygens (including phenoxy) is 4. The average molecular weight is 506 g/mol. The molecule has 36 heavy (non-hydrogen) atoms. The van der Waals surface area contributed by atoms with Gasteiger partial charge in [-0.15, -0.1) is 0 Å². The molecule has 0 amide bonds. The van der Waals surface area contributed by atoms with Gasteiger partial charge in [0.1, 0.15) is 0 Å². The SMILES string of the molecule is CCOC(=O)C[C@H](O[C@H]1O[C@@H]2O[C@@]3(C)CC[C@H]4[C@H](C)CC[C@@H]([C@H]1C)[C@@]24OO3)c1ccc([N+](=O)[O-])cc1. The number of esters is 1. The van der Waals surface area contributed by atoms with Gasteiger partial charge in [0, 0.05) is 30.4 Å². The highest BCUT2D eigenvalue weighted by atomic mass is 17.3. The van der Waals surface area contributed by atoms with Crippen LogP contribution in [0.4, 0.5) is 5.69 Å². The molecule has 5 aliphatic rings. The maximum absolute atomic E-state index is 12.4. The Bertz CT molecular complexity index is 986. The highest BCUT2D eigenvalue weighted by Crippen LogP contribution is 2.60. The average Bonchev–Trinajstić information content (AvgIpc) is 3.08. The Morgan fingerprint density at radius 3 is 2.61 bits per heavy atom. The van der Waals surface area contributed by atoms with Gasteiger partial charge in [-0.05, 0) is 62.6 Å². The number of rotatable bonds is 7. The Labute approximate surface area is 210 Å². The van der Waals surface area contributed by atoms with E-state index in [0.717, 1.165) is 19.3 Å². The smallest absolute Gasteiger partial charge is 0.308 e.